The first-order valence-electron chi connectivity index (χ1n) is 9.16. The Bertz CT molecular complexity index is 322. The van der Waals surface area contributed by atoms with Gasteiger partial charge in [0.15, 0.2) is 0 Å². The van der Waals surface area contributed by atoms with E-state index in [0.717, 1.165) is 17.9 Å². The molecular formula is C18H34N2O. The van der Waals surface area contributed by atoms with E-state index >= 15 is 0 Å². The van der Waals surface area contributed by atoms with Gasteiger partial charge in [-0.3, -0.25) is 0 Å². The molecule has 2 aliphatic heterocycles. The quantitative estimate of drug-likeness (QED) is 0.793. The number of hydrogen-bond acceptors (Lipinski definition) is 3. The molecule has 21 heavy (non-hydrogen) atoms. The molecule has 0 N–H and O–H groups in total. The van der Waals surface area contributed by atoms with E-state index in [1.165, 1.54) is 51.9 Å². The predicted octanol–water partition coefficient (Wildman–Crippen LogP) is 2.99. The van der Waals surface area contributed by atoms with Gasteiger partial charge in [0.25, 0.3) is 0 Å². The smallest absolute Gasteiger partial charge is 0.0603 e. The maximum Gasteiger partial charge on any atom is 0.0603 e. The topological polar surface area (TPSA) is 15.7 Å². The first-order valence-corrected chi connectivity index (χ1v) is 9.16. The summed E-state index contributed by atoms with van der Waals surface area (Å²) in [6, 6.07) is 1.41. The van der Waals surface area contributed by atoms with Crippen LogP contribution in [0.4, 0.5) is 0 Å². The number of hydrogen-bond donors (Lipinski definition) is 0. The van der Waals surface area contributed by atoms with Crippen molar-refractivity contribution in [1.82, 2.24) is 9.80 Å². The fraction of sp³-hybridized carbons (Fsp3) is 1.00. The zero-order valence-corrected chi connectivity index (χ0v) is 14.4. The van der Waals surface area contributed by atoms with Crippen LogP contribution in [0.3, 0.4) is 0 Å². The number of ether oxygens (including phenoxy) is 1. The third kappa shape index (κ3) is 3.62. The molecule has 2 saturated heterocycles. The van der Waals surface area contributed by atoms with Gasteiger partial charge in [-0.05, 0) is 65.2 Å². The highest BCUT2D eigenvalue weighted by atomic mass is 16.5. The Kier molecular flexibility index (Phi) is 4.92. The molecule has 3 fully saturated rings. The molecule has 2 atom stereocenters. The Morgan fingerprint density at radius 2 is 1.29 bits per heavy atom. The lowest BCUT2D eigenvalue weighted by Gasteiger charge is -2.35. The molecule has 0 bridgehead atoms. The van der Waals surface area contributed by atoms with Gasteiger partial charge in [-0.15, -0.1) is 0 Å². The van der Waals surface area contributed by atoms with Gasteiger partial charge in [0.05, 0.1) is 12.2 Å². The van der Waals surface area contributed by atoms with Gasteiger partial charge in [0.1, 0.15) is 0 Å². The lowest BCUT2D eigenvalue weighted by atomic mass is 10.0. The van der Waals surface area contributed by atoms with Crippen LogP contribution in [0.15, 0.2) is 0 Å². The van der Waals surface area contributed by atoms with Gasteiger partial charge in [-0.25, -0.2) is 0 Å². The Morgan fingerprint density at radius 3 is 1.76 bits per heavy atom. The first-order chi connectivity index (χ1) is 10.0. The zero-order valence-electron chi connectivity index (χ0n) is 14.4. The molecule has 3 rings (SSSR count). The lowest BCUT2D eigenvalue weighted by molar-refractivity contribution is -0.0467. The van der Waals surface area contributed by atoms with Crippen LogP contribution in [0, 0.1) is 11.8 Å². The van der Waals surface area contributed by atoms with Crippen molar-refractivity contribution in [3.63, 3.8) is 0 Å². The minimum absolute atomic E-state index is 0.532. The van der Waals surface area contributed by atoms with Gasteiger partial charge in [0, 0.05) is 38.3 Å². The van der Waals surface area contributed by atoms with Gasteiger partial charge >= 0.3 is 0 Å². The van der Waals surface area contributed by atoms with E-state index < -0.39 is 0 Å². The van der Waals surface area contributed by atoms with Crippen molar-refractivity contribution in [1.29, 1.82) is 0 Å². The van der Waals surface area contributed by atoms with E-state index in [-0.39, 0.29) is 0 Å². The summed E-state index contributed by atoms with van der Waals surface area (Å²) in [5.41, 5.74) is 0. The molecule has 3 aliphatic rings. The van der Waals surface area contributed by atoms with Gasteiger partial charge < -0.3 is 14.5 Å². The maximum absolute atomic E-state index is 6.47. The van der Waals surface area contributed by atoms with E-state index in [1.54, 1.807) is 0 Å². The van der Waals surface area contributed by atoms with Crippen LogP contribution in [0.5, 0.6) is 0 Å². The van der Waals surface area contributed by atoms with E-state index in [4.69, 9.17) is 4.74 Å². The van der Waals surface area contributed by atoms with Gasteiger partial charge in [-0.1, -0.05) is 0 Å². The van der Waals surface area contributed by atoms with Crippen LogP contribution >= 0.6 is 0 Å². The molecule has 1 saturated carbocycles. The first kappa shape index (κ1) is 15.8. The largest absolute Gasteiger partial charge is 0.375 e. The highest BCUT2D eigenvalue weighted by molar-refractivity contribution is 4.94. The minimum Gasteiger partial charge on any atom is -0.375 e. The average Bonchev–Trinajstić information content (AvgIpc) is 2.97. The molecule has 3 nitrogen and oxygen atoms in total. The fourth-order valence-corrected chi connectivity index (χ4v) is 4.61. The second kappa shape index (κ2) is 6.55. The van der Waals surface area contributed by atoms with Crippen LogP contribution in [0.2, 0.25) is 0 Å². The SMILES string of the molecule is CC(C)N1CCC(OC2CC3CN(C(C)C)CC3C2)CC1. The summed E-state index contributed by atoms with van der Waals surface area (Å²) in [6.45, 7) is 14.3. The summed E-state index contributed by atoms with van der Waals surface area (Å²) in [4.78, 5) is 5.25. The van der Waals surface area contributed by atoms with Crippen molar-refractivity contribution in [3.05, 3.63) is 0 Å². The Hall–Kier alpha value is -0.120. The number of piperidine rings is 1. The molecule has 3 heteroatoms. The van der Waals surface area contributed by atoms with Gasteiger partial charge in [0.2, 0.25) is 0 Å². The predicted molar refractivity (Wildman–Crippen MR) is 87.5 cm³/mol. The second-order valence-corrected chi connectivity index (χ2v) is 8.13. The van der Waals surface area contributed by atoms with Crippen LogP contribution in [0.1, 0.15) is 53.4 Å². The van der Waals surface area contributed by atoms with Crippen LogP contribution in [0.25, 0.3) is 0 Å². The summed E-state index contributed by atoms with van der Waals surface area (Å²) >= 11 is 0. The zero-order chi connectivity index (χ0) is 15.0. The summed E-state index contributed by atoms with van der Waals surface area (Å²) < 4.78 is 6.47. The molecule has 2 heterocycles. The fourth-order valence-electron chi connectivity index (χ4n) is 4.61. The third-order valence-electron chi connectivity index (χ3n) is 6.06. The summed E-state index contributed by atoms with van der Waals surface area (Å²) in [5.74, 6) is 1.82. The summed E-state index contributed by atoms with van der Waals surface area (Å²) in [7, 11) is 0. The minimum atomic E-state index is 0.532. The standard InChI is InChI=1S/C18H34N2O/c1-13(2)19-7-5-17(6-8-19)21-18-9-15-11-20(14(3)4)12-16(15)10-18/h13-18H,5-12H2,1-4H3. The average molecular weight is 294 g/mol. The van der Waals surface area contributed by atoms with E-state index in [9.17, 15) is 0 Å². The van der Waals surface area contributed by atoms with Crippen molar-refractivity contribution in [2.75, 3.05) is 26.2 Å². The van der Waals surface area contributed by atoms with E-state index in [2.05, 4.69) is 37.5 Å². The van der Waals surface area contributed by atoms with Crippen molar-refractivity contribution >= 4 is 0 Å². The molecule has 0 amide bonds. The number of rotatable bonds is 4. The molecule has 122 valence electrons. The second-order valence-electron chi connectivity index (χ2n) is 8.13. The monoisotopic (exact) mass is 294 g/mol. The number of likely N-dealkylation sites (tertiary alicyclic amines) is 2. The van der Waals surface area contributed by atoms with E-state index in [0.29, 0.717) is 18.2 Å². The molecule has 0 aromatic carbocycles. The molecule has 0 aromatic rings. The number of fused-ring (bicyclic) bond motifs is 1. The van der Waals surface area contributed by atoms with Crippen LogP contribution < -0.4 is 0 Å². The van der Waals surface area contributed by atoms with Crippen molar-refractivity contribution in [2.24, 2.45) is 11.8 Å². The highest BCUT2D eigenvalue weighted by Gasteiger charge is 2.42. The normalized spacial score (nSPS) is 36.0. The molecule has 0 spiro atoms. The number of nitrogens with zero attached hydrogens (tertiary/aromatic N) is 2. The molecule has 2 unspecified atom stereocenters. The molecule has 0 aromatic heterocycles. The van der Waals surface area contributed by atoms with Gasteiger partial charge in [-0.2, -0.15) is 0 Å². The summed E-state index contributed by atoms with van der Waals surface area (Å²) in [6.07, 6.45) is 6.20. The molecule has 0 radical (unpaired) electrons. The molecule has 1 aliphatic carbocycles. The third-order valence-corrected chi connectivity index (χ3v) is 6.06. The van der Waals surface area contributed by atoms with E-state index in [1.807, 2.05) is 0 Å². The maximum atomic E-state index is 6.47. The Labute approximate surface area is 131 Å². The molecular weight excluding hydrogens is 260 g/mol. The highest BCUT2D eigenvalue weighted by Crippen LogP contribution is 2.40. The van der Waals surface area contributed by atoms with Crippen molar-refractivity contribution in [2.45, 2.75) is 77.7 Å². The Balaban J connectivity index is 1.41. The van der Waals surface area contributed by atoms with Crippen molar-refractivity contribution in [3.8, 4) is 0 Å². The Morgan fingerprint density at radius 1 is 0.762 bits per heavy atom. The lowest BCUT2D eigenvalue weighted by Crippen LogP contribution is -2.41. The summed E-state index contributed by atoms with van der Waals surface area (Å²) in [5, 5.41) is 0. The van der Waals surface area contributed by atoms with Crippen LogP contribution in [-0.2, 0) is 4.74 Å². The van der Waals surface area contributed by atoms with Crippen LogP contribution in [-0.4, -0.2) is 60.3 Å². The van der Waals surface area contributed by atoms with Crippen molar-refractivity contribution < 1.29 is 4.74 Å².